The largest absolute Gasteiger partial charge is 0.378 e. The lowest BCUT2D eigenvalue weighted by Crippen LogP contribution is -2.55. The summed E-state index contributed by atoms with van der Waals surface area (Å²) in [5, 5.41) is 0. The summed E-state index contributed by atoms with van der Waals surface area (Å²) in [4.78, 5) is 0. The molecule has 1 heterocycles. The van der Waals surface area contributed by atoms with Gasteiger partial charge in [0.05, 0.1) is 52.9 Å². The Bertz CT molecular complexity index is 578. The van der Waals surface area contributed by atoms with E-state index in [2.05, 4.69) is 0 Å². The van der Waals surface area contributed by atoms with Crippen LogP contribution in [-0.2, 0) is 18.9 Å². The van der Waals surface area contributed by atoms with E-state index in [9.17, 15) is 0 Å². The van der Waals surface area contributed by atoms with Gasteiger partial charge in [0.15, 0.2) is 0 Å². The highest BCUT2D eigenvalue weighted by molar-refractivity contribution is 5.09. The SMILES string of the molecule is C1COCC23CC4CC(C2)CC(COCCOCC25CC6CC(CC(CO1)(C6)C2)C5)(C4)C3. The van der Waals surface area contributed by atoms with Crippen LogP contribution in [0.2, 0.25) is 0 Å². The van der Waals surface area contributed by atoms with E-state index in [1.54, 1.807) is 0 Å². The topological polar surface area (TPSA) is 36.9 Å². The van der Waals surface area contributed by atoms with Gasteiger partial charge in [0, 0.05) is 0 Å². The van der Waals surface area contributed by atoms with Gasteiger partial charge in [0.1, 0.15) is 0 Å². The number of hydrogen-bond acceptors (Lipinski definition) is 4. The van der Waals surface area contributed by atoms with Crippen LogP contribution in [0.5, 0.6) is 0 Å². The molecule has 4 spiro atoms. The Morgan fingerprint density at radius 2 is 0.625 bits per heavy atom. The zero-order valence-electron chi connectivity index (χ0n) is 20.1. The zero-order valence-corrected chi connectivity index (χ0v) is 20.1. The van der Waals surface area contributed by atoms with Crippen LogP contribution in [0.1, 0.15) is 77.0 Å². The molecule has 9 fully saturated rings. The summed E-state index contributed by atoms with van der Waals surface area (Å²) in [6.07, 6.45) is 16.7. The molecule has 9 rings (SSSR count). The van der Waals surface area contributed by atoms with Crippen molar-refractivity contribution in [1.29, 1.82) is 0 Å². The highest BCUT2D eigenvalue weighted by atomic mass is 16.5. The van der Waals surface area contributed by atoms with Crippen LogP contribution >= 0.6 is 0 Å². The molecule has 0 aromatic rings. The highest BCUT2D eigenvalue weighted by Gasteiger charge is 2.59. The number of ether oxygens (including phenoxy) is 4. The molecule has 4 nitrogen and oxygen atoms in total. The van der Waals surface area contributed by atoms with Crippen molar-refractivity contribution >= 4 is 0 Å². The van der Waals surface area contributed by atoms with E-state index in [1.807, 2.05) is 0 Å². The summed E-state index contributed by atoms with van der Waals surface area (Å²) in [5.74, 6) is 3.63. The summed E-state index contributed by atoms with van der Waals surface area (Å²) in [6, 6.07) is 0. The lowest BCUT2D eigenvalue weighted by atomic mass is 9.44. The van der Waals surface area contributed by atoms with Gasteiger partial charge in [-0.3, -0.25) is 0 Å². The molecule has 0 atom stereocenters. The molecule has 0 N–H and O–H groups in total. The van der Waals surface area contributed by atoms with Crippen LogP contribution in [-0.4, -0.2) is 52.9 Å². The summed E-state index contributed by atoms with van der Waals surface area (Å²) in [7, 11) is 0. The summed E-state index contributed by atoms with van der Waals surface area (Å²) < 4.78 is 25.4. The van der Waals surface area contributed by atoms with Crippen LogP contribution < -0.4 is 0 Å². The molecule has 9 aliphatic rings. The number of rotatable bonds is 0. The fourth-order valence-electron chi connectivity index (χ4n) is 11.4. The van der Waals surface area contributed by atoms with E-state index in [0.717, 1.165) is 76.5 Å². The molecule has 0 unspecified atom stereocenters. The van der Waals surface area contributed by atoms with Crippen molar-refractivity contribution in [2.45, 2.75) is 77.0 Å². The molecule has 0 aromatic heterocycles. The van der Waals surface area contributed by atoms with Gasteiger partial charge in [0.25, 0.3) is 0 Å². The van der Waals surface area contributed by atoms with Gasteiger partial charge in [-0.2, -0.15) is 0 Å². The van der Waals surface area contributed by atoms with E-state index >= 15 is 0 Å². The normalized spacial score (nSPS) is 55.5. The fourth-order valence-corrected chi connectivity index (χ4v) is 11.4. The minimum absolute atomic E-state index is 0.418. The lowest BCUT2D eigenvalue weighted by Gasteiger charge is -2.62. The maximum atomic E-state index is 6.36. The van der Waals surface area contributed by atoms with Crippen molar-refractivity contribution in [3.63, 3.8) is 0 Å². The Kier molecular flexibility index (Phi) is 5.07. The van der Waals surface area contributed by atoms with Gasteiger partial charge in [-0.05, 0) is 122 Å². The third kappa shape index (κ3) is 3.71. The second-order valence-corrected chi connectivity index (χ2v) is 14.1. The van der Waals surface area contributed by atoms with Crippen LogP contribution in [0.15, 0.2) is 0 Å². The maximum Gasteiger partial charge on any atom is 0.0700 e. The quantitative estimate of drug-likeness (QED) is 0.512. The zero-order chi connectivity index (χ0) is 21.3. The Morgan fingerprint density at radius 3 is 0.875 bits per heavy atom. The second kappa shape index (κ2) is 7.67. The van der Waals surface area contributed by atoms with Crippen molar-refractivity contribution < 1.29 is 18.9 Å². The van der Waals surface area contributed by atoms with Crippen molar-refractivity contribution in [3.8, 4) is 0 Å². The highest BCUT2D eigenvalue weighted by Crippen LogP contribution is 2.66. The average molecular weight is 445 g/mol. The molecular weight excluding hydrogens is 400 g/mol. The minimum Gasteiger partial charge on any atom is -0.378 e. The van der Waals surface area contributed by atoms with Crippen molar-refractivity contribution in [2.24, 2.45) is 45.3 Å². The van der Waals surface area contributed by atoms with Crippen LogP contribution in [0.25, 0.3) is 0 Å². The standard InChI is InChI=1S/C28H44O4/c1-2-30-18-26-9-23-6-24(10-26)14-28(13-23,16-26)20-32-4-3-31-19-27-11-21-5-22(12-27)8-25(7-21,15-27)17-29-1/h21-24H,1-20H2. The van der Waals surface area contributed by atoms with Gasteiger partial charge in [-0.1, -0.05) is 0 Å². The average Bonchev–Trinajstić information content (AvgIpc) is 2.70. The van der Waals surface area contributed by atoms with Crippen LogP contribution in [0.4, 0.5) is 0 Å². The van der Waals surface area contributed by atoms with Crippen LogP contribution in [0.3, 0.4) is 0 Å². The van der Waals surface area contributed by atoms with Gasteiger partial charge < -0.3 is 18.9 Å². The van der Waals surface area contributed by atoms with Crippen LogP contribution in [0, 0.1) is 45.3 Å². The van der Waals surface area contributed by atoms with Gasteiger partial charge >= 0.3 is 0 Å². The van der Waals surface area contributed by atoms with E-state index in [1.165, 1.54) is 77.0 Å². The Hall–Kier alpha value is -0.160. The first-order chi connectivity index (χ1) is 15.6. The fraction of sp³-hybridized carbons (Fsp3) is 1.00. The van der Waals surface area contributed by atoms with E-state index in [0.29, 0.717) is 21.7 Å². The van der Waals surface area contributed by atoms with Gasteiger partial charge in [-0.15, -0.1) is 0 Å². The van der Waals surface area contributed by atoms with Gasteiger partial charge in [-0.25, -0.2) is 0 Å². The predicted molar refractivity (Wildman–Crippen MR) is 122 cm³/mol. The third-order valence-corrected chi connectivity index (χ3v) is 11.0. The molecule has 0 aromatic carbocycles. The third-order valence-electron chi connectivity index (χ3n) is 11.0. The Labute approximate surface area is 194 Å². The van der Waals surface area contributed by atoms with E-state index in [-0.39, 0.29) is 0 Å². The predicted octanol–water partition coefficient (Wildman–Crippen LogP) is 5.24. The monoisotopic (exact) mass is 444 g/mol. The summed E-state index contributed by atoms with van der Waals surface area (Å²) in [5.41, 5.74) is 1.67. The van der Waals surface area contributed by atoms with Crippen molar-refractivity contribution in [1.82, 2.24) is 0 Å². The summed E-state index contributed by atoms with van der Waals surface area (Å²) in [6.45, 7) is 6.91. The molecule has 0 amide bonds. The maximum absolute atomic E-state index is 6.36. The minimum atomic E-state index is 0.418. The first-order valence-electron chi connectivity index (χ1n) is 13.9. The molecule has 0 radical (unpaired) electrons. The number of hydrogen-bond donors (Lipinski definition) is 0. The molecule has 180 valence electrons. The molecule has 8 bridgehead atoms. The van der Waals surface area contributed by atoms with Gasteiger partial charge in [0.2, 0.25) is 0 Å². The van der Waals surface area contributed by atoms with E-state index < -0.39 is 0 Å². The molecule has 32 heavy (non-hydrogen) atoms. The Morgan fingerprint density at radius 1 is 0.375 bits per heavy atom. The summed E-state index contributed by atoms with van der Waals surface area (Å²) >= 11 is 0. The molecule has 8 saturated carbocycles. The first-order valence-corrected chi connectivity index (χ1v) is 13.9. The molecule has 1 saturated heterocycles. The molecule has 8 aliphatic carbocycles. The smallest absolute Gasteiger partial charge is 0.0700 e. The Balaban J connectivity index is 1.06. The molecule has 1 aliphatic heterocycles. The second-order valence-electron chi connectivity index (χ2n) is 14.1. The van der Waals surface area contributed by atoms with E-state index in [4.69, 9.17) is 18.9 Å². The first kappa shape index (κ1) is 21.1. The molecular formula is C28H44O4. The van der Waals surface area contributed by atoms with Crippen molar-refractivity contribution in [3.05, 3.63) is 0 Å². The van der Waals surface area contributed by atoms with Crippen molar-refractivity contribution in [2.75, 3.05) is 52.9 Å². The molecule has 4 heteroatoms. The lowest BCUT2D eigenvalue weighted by molar-refractivity contribution is -0.179.